The number of nitrogens with zero attached hydrogens (tertiary/aromatic N) is 5. The summed E-state index contributed by atoms with van der Waals surface area (Å²) in [4.78, 5) is 17.1. The third kappa shape index (κ3) is 5.54. The number of carbonyl (C=O) groups excluding carboxylic acids is 1. The second-order valence-electron chi connectivity index (χ2n) is 8.93. The lowest BCUT2D eigenvalue weighted by molar-refractivity contribution is 0.262. The highest BCUT2D eigenvalue weighted by Gasteiger charge is 2.16. The van der Waals surface area contributed by atoms with E-state index < -0.39 is 11.8 Å². The summed E-state index contributed by atoms with van der Waals surface area (Å²) < 4.78 is 24.2. The molecule has 0 radical (unpaired) electrons. The second kappa shape index (κ2) is 10.6. The summed E-state index contributed by atoms with van der Waals surface area (Å²) in [5.74, 6) is 0.133. The van der Waals surface area contributed by atoms with Crippen LogP contribution in [0.3, 0.4) is 0 Å². The number of hydrogen-bond acceptors (Lipinski definition) is 5. The summed E-state index contributed by atoms with van der Waals surface area (Å²) in [5, 5.41) is 14.1. The van der Waals surface area contributed by atoms with Crippen molar-refractivity contribution in [3.63, 3.8) is 0 Å². The molecule has 0 fully saturated rings. The molecule has 2 aromatic carbocycles. The number of aromatic nitrogens is 5. The molecule has 10 heteroatoms. The number of ether oxygens (including phenoxy) is 1. The maximum atomic E-state index is 14.9. The fraction of sp³-hybridized carbons (Fsp3) is 0.143. The summed E-state index contributed by atoms with van der Waals surface area (Å²) in [6, 6.07) is 16.7. The summed E-state index contributed by atoms with van der Waals surface area (Å²) in [7, 11) is 1.82. The predicted octanol–water partition coefficient (Wildman–Crippen LogP) is 6.50. The fourth-order valence-electron chi connectivity index (χ4n) is 3.82. The number of pyridine rings is 1. The van der Waals surface area contributed by atoms with Crippen LogP contribution in [0, 0.1) is 5.82 Å². The molecule has 38 heavy (non-hydrogen) atoms. The number of carbonyl (C=O) groups is 1. The van der Waals surface area contributed by atoms with Gasteiger partial charge in [-0.15, -0.1) is 0 Å². The fourth-order valence-corrected chi connectivity index (χ4v) is 3.82. The number of halogens is 1. The molecule has 2 amide bonds. The zero-order valence-electron chi connectivity index (χ0n) is 21.1. The number of amides is 2. The van der Waals surface area contributed by atoms with E-state index in [4.69, 9.17) is 4.74 Å². The number of hydrogen-bond donors (Lipinski definition) is 2. The largest absolute Gasteiger partial charge is 0.457 e. The molecule has 3 aromatic heterocycles. The smallest absolute Gasteiger partial charge is 0.323 e. The summed E-state index contributed by atoms with van der Waals surface area (Å²) in [6.45, 7) is 3.99. The Kier molecular flexibility index (Phi) is 6.86. The average molecular weight is 512 g/mol. The van der Waals surface area contributed by atoms with Gasteiger partial charge in [0, 0.05) is 54.9 Å². The van der Waals surface area contributed by atoms with Crippen LogP contribution >= 0.6 is 0 Å². The molecule has 0 saturated heterocycles. The number of rotatable bonds is 7. The van der Waals surface area contributed by atoms with Crippen molar-refractivity contribution in [3.05, 3.63) is 91.3 Å². The van der Waals surface area contributed by atoms with Crippen molar-refractivity contribution in [1.29, 1.82) is 0 Å². The Bertz CT molecular complexity index is 1580. The van der Waals surface area contributed by atoms with Crippen LogP contribution in [0.15, 0.2) is 85.5 Å². The lowest BCUT2D eigenvalue weighted by Crippen LogP contribution is -2.20. The van der Waals surface area contributed by atoms with Crippen LogP contribution in [0.4, 0.5) is 20.6 Å². The van der Waals surface area contributed by atoms with Crippen LogP contribution in [0.25, 0.3) is 22.5 Å². The first-order chi connectivity index (χ1) is 18.4. The molecule has 0 unspecified atom stereocenters. The van der Waals surface area contributed by atoms with Gasteiger partial charge in [-0.2, -0.15) is 10.2 Å². The van der Waals surface area contributed by atoms with Crippen molar-refractivity contribution in [2.45, 2.75) is 19.9 Å². The van der Waals surface area contributed by atoms with E-state index in [1.807, 2.05) is 57.4 Å². The van der Waals surface area contributed by atoms with Gasteiger partial charge in [-0.1, -0.05) is 30.3 Å². The molecule has 0 aliphatic heterocycles. The minimum absolute atomic E-state index is 0.0122. The highest BCUT2D eigenvalue weighted by Crippen LogP contribution is 2.30. The molecule has 5 rings (SSSR count). The zero-order chi connectivity index (χ0) is 26.6. The Balaban J connectivity index is 1.29. The van der Waals surface area contributed by atoms with Crippen LogP contribution < -0.4 is 15.4 Å². The van der Waals surface area contributed by atoms with E-state index in [0.29, 0.717) is 22.8 Å². The third-order valence-electron chi connectivity index (χ3n) is 5.71. The second-order valence-corrected chi connectivity index (χ2v) is 8.93. The van der Waals surface area contributed by atoms with E-state index in [9.17, 15) is 9.18 Å². The van der Waals surface area contributed by atoms with Crippen LogP contribution in [0.2, 0.25) is 0 Å². The number of benzene rings is 2. The molecule has 3 heterocycles. The van der Waals surface area contributed by atoms with Gasteiger partial charge >= 0.3 is 6.03 Å². The molecule has 0 bridgehead atoms. The maximum Gasteiger partial charge on any atom is 0.323 e. The normalized spacial score (nSPS) is 11.0. The number of urea groups is 1. The van der Waals surface area contributed by atoms with Crippen molar-refractivity contribution in [1.82, 2.24) is 24.5 Å². The first-order valence-corrected chi connectivity index (χ1v) is 12.0. The quantitative estimate of drug-likeness (QED) is 0.260. The Hall–Kier alpha value is -4.99. The SMILES string of the molecule is CC(C)n1cc(NC(=O)Nc2ccc(Oc3ccnc(-c4cnn(C)c4)c3)cc2F)c(-c2ccccc2)n1. The monoisotopic (exact) mass is 511 g/mol. The molecule has 5 aromatic rings. The average Bonchev–Trinajstić information content (AvgIpc) is 3.53. The Labute approximate surface area is 218 Å². The van der Waals surface area contributed by atoms with Crippen molar-refractivity contribution >= 4 is 17.4 Å². The summed E-state index contributed by atoms with van der Waals surface area (Å²) in [6.07, 6.45) is 6.91. The lowest BCUT2D eigenvalue weighted by Gasteiger charge is -2.11. The van der Waals surface area contributed by atoms with Gasteiger partial charge in [-0.05, 0) is 32.0 Å². The van der Waals surface area contributed by atoms with Crippen LogP contribution in [-0.2, 0) is 7.05 Å². The van der Waals surface area contributed by atoms with Gasteiger partial charge in [0.2, 0.25) is 0 Å². The lowest BCUT2D eigenvalue weighted by atomic mass is 10.1. The van der Waals surface area contributed by atoms with Crippen molar-refractivity contribution < 1.29 is 13.9 Å². The molecule has 0 atom stereocenters. The number of anilines is 2. The Morgan fingerprint density at radius 1 is 0.947 bits per heavy atom. The number of aryl methyl sites for hydroxylation is 1. The van der Waals surface area contributed by atoms with E-state index in [-0.39, 0.29) is 17.5 Å². The Morgan fingerprint density at radius 3 is 2.42 bits per heavy atom. The summed E-state index contributed by atoms with van der Waals surface area (Å²) in [5.41, 5.74) is 3.54. The minimum Gasteiger partial charge on any atom is -0.457 e. The van der Waals surface area contributed by atoms with Gasteiger partial charge in [-0.3, -0.25) is 14.3 Å². The molecule has 0 saturated carbocycles. The van der Waals surface area contributed by atoms with E-state index in [0.717, 1.165) is 11.1 Å². The molecule has 0 spiro atoms. The van der Waals surface area contributed by atoms with Gasteiger partial charge in [0.15, 0.2) is 0 Å². The van der Waals surface area contributed by atoms with Crippen LogP contribution in [0.1, 0.15) is 19.9 Å². The molecule has 0 aliphatic carbocycles. The molecule has 0 aliphatic rings. The highest BCUT2D eigenvalue weighted by molar-refractivity contribution is 6.02. The van der Waals surface area contributed by atoms with Crippen molar-refractivity contribution in [3.8, 4) is 34.0 Å². The van der Waals surface area contributed by atoms with E-state index >= 15 is 0 Å². The van der Waals surface area contributed by atoms with E-state index in [1.54, 1.807) is 46.2 Å². The van der Waals surface area contributed by atoms with Crippen LogP contribution in [0.5, 0.6) is 11.5 Å². The summed E-state index contributed by atoms with van der Waals surface area (Å²) >= 11 is 0. The van der Waals surface area contributed by atoms with Gasteiger partial charge < -0.3 is 15.4 Å². The highest BCUT2D eigenvalue weighted by atomic mass is 19.1. The van der Waals surface area contributed by atoms with Gasteiger partial charge in [-0.25, -0.2) is 9.18 Å². The first-order valence-electron chi connectivity index (χ1n) is 12.0. The number of nitrogens with one attached hydrogen (secondary N) is 2. The van der Waals surface area contributed by atoms with E-state index in [1.165, 1.54) is 12.1 Å². The van der Waals surface area contributed by atoms with Crippen LogP contribution in [-0.4, -0.2) is 30.6 Å². The van der Waals surface area contributed by atoms with Crippen molar-refractivity contribution in [2.24, 2.45) is 7.05 Å². The third-order valence-corrected chi connectivity index (χ3v) is 5.71. The first kappa shape index (κ1) is 24.7. The topological polar surface area (TPSA) is 98.9 Å². The van der Waals surface area contributed by atoms with Gasteiger partial charge in [0.05, 0.1) is 23.3 Å². The zero-order valence-corrected chi connectivity index (χ0v) is 21.1. The minimum atomic E-state index is -0.639. The van der Waals surface area contributed by atoms with Gasteiger partial charge in [0.1, 0.15) is 23.0 Å². The van der Waals surface area contributed by atoms with Crippen molar-refractivity contribution in [2.75, 3.05) is 10.6 Å². The molecule has 2 N–H and O–H groups in total. The standard InChI is InChI=1S/C28H26FN7O2/c1-18(2)36-17-26(27(34-36)19-7-5-4-6-8-19)33-28(37)32-24-10-9-21(13-23(24)29)38-22-11-12-30-25(14-22)20-15-31-35(3)16-20/h4-18H,1-3H3,(H2,32,33,37). The molecule has 192 valence electrons. The molecule has 9 nitrogen and oxygen atoms in total. The maximum absolute atomic E-state index is 14.9. The molecular formula is C28H26FN7O2. The van der Waals surface area contributed by atoms with Gasteiger partial charge in [0.25, 0.3) is 0 Å². The molecular weight excluding hydrogens is 485 g/mol. The van der Waals surface area contributed by atoms with E-state index in [2.05, 4.69) is 25.8 Å². The Morgan fingerprint density at radius 2 is 1.71 bits per heavy atom. The predicted molar refractivity (Wildman–Crippen MR) is 144 cm³/mol.